The van der Waals surface area contributed by atoms with Crippen molar-refractivity contribution in [2.45, 2.75) is 6.54 Å². The Labute approximate surface area is 112 Å². The minimum absolute atomic E-state index is 0.491. The summed E-state index contributed by atoms with van der Waals surface area (Å²) in [5, 5.41) is 6.79. The molecule has 1 aromatic heterocycles. The quantitative estimate of drug-likeness (QED) is 0.856. The molecule has 1 aromatic carbocycles. The molecular weight excluding hydrogens is 244 g/mol. The lowest BCUT2D eigenvalue weighted by Crippen LogP contribution is -2.17. The second-order valence-electron chi connectivity index (χ2n) is 4.21. The average Bonchev–Trinajstić information content (AvgIpc) is 2.83. The zero-order chi connectivity index (χ0) is 13.8. The van der Waals surface area contributed by atoms with E-state index in [4.69, 9.17) is 15.2 Å². The molecule has 0 radical (unpaired) electrons. The lowest BCUT2D eigenvalue weighted by molar-refractivity contribution is 0.394. The number of H-pyrrole nitrogens is 1. The van der Waals surface area contributed by atoms with Gasteiger partial charge < -0.3 is 20.1 Å². The first kappa shape index (κ1) is 13.1. The van der Waals surface area contributed by atoms with E-state index in [2.05, 4.69) is 10.2 Å². The van der Waals surface area contributed by atoms with E-state index in [1.807, 2.05) is 36.2 Å². The van der Waals surface area contributed by atoms with Gasteiger partial charge in [0.25, 0.3) is 0 Å². The van der Waals surface area contributed by atoms with Crippen LogP contribution in [0, 0.1) is 0 Å². The molecule has 0 bridgehead atoms. The number of anilines is 2. The van der Waals surface area contributed by atoms with Crippen LogP contribution in [0.3, 0.4) is 0 Å². The highest BCUT2D eigenvalue weighted by Gasteiger charge is 2.11. The molecule has 6 nitrogen and oxygen atoms in total. The van der Waals surface area contributed by atoms with Crippen molar-refractivity contribution in [1.29, 1.82) is 0 Å². The van der Waals surface area contributed by atoms with Crippen molar-refractivity contribution >= 4 is 11.5 Å². The van der Waals surface area contributed by atoms with Gasteiger partial charge >= 0.3 is 0 Å². The first-order valence-corrected chi connectivity index (χ1v) is 5.87. The monoisotopic (exact) mass is 262 g/mol. The highest BCUT2D eigenvalue weighted by molar-refractivity contribution is 5.60. The predicted octanol–water partition coefficient (Wildman–Crippen LogP) is 1.65. The van der Waals surface area contributed by atoms with Crippen LogP contribution in [0.25, 0.3) is 0 Å². The zero-order valence-electron chi connectivity index (χ0n) is 11.3. The molecule has 2 rings (SSSR count). The molecule has 102 valence electrons. The number of methoxy groups -OCH3 is 2. The molecule has 0 saturated carbocycles. The van der Waals surface area contributed by atoms with Crippen LogP contribution in [0.15, 0.2) is 24.3 Å². The molecule has 3 N–H and O–H groups in total. The molecule has 0 amide bonds. The number of benzene rings is 1. The van der Waals surface area contributed by atoms with Gasteiger partial charge in [0.15, 0.2) is 0 Å². The molecule has 0 fully saturated rings. The van der Waals surface area contributed by atoms with E-state index in [1.165, 1.54) is 0 Å². The van der Waals surface area contributed by atoms with E-state index in [9.17, 15) is 0 Å². The Morgan fingerprint density at radius 1 is 1.26 bits per heavy atom. The van der Waals surface area contributed by atoms with Gasteiger partial charge in [-0.15, -0.1) is 0 Å². The smallest absolute Gasteiger partial charge is 0.145 e. The van der Waals surface area contributed by atoms with E-state index in [0.29, 0.717) is 12.4 Å². The van der Waals surface area contributed by atoms with Crippen molar-refractivity contribution in [2.24, 2.45) is 0 Å². The Bertz CT molecular complexity index is 553. The molecule has 0 aliphatic rings. The van der Waals surface area contributed by atoms with Gasteiger partial charge in [-0.1, -0.05) is 0 Å². The number of rotatable bonds is 5. The van der Waals surface area contributed by atoms with Crippen LogP contribution in [0.5, 0.6) is 11.5 Å². The van der Waals surface area contributed by atoms with Crippen LogP contribution in [-0.4, -0.2) is 31.5 Å². The summed E-state index contributed by atoms with van der Waals surface area (Å²) in [6, 6.07) is 7.52. The maximum atomic E-state index is 5.58. The van der Waals surface area contributed by atoms with Gasteiger partial charge in [0.2, 0.25) is 0 Å². The van der Waals surface area contributed by atoms with E-state index in [-0.39, 0.29) is 0 Å². The molecule has 0 unspecified atom stereocenters. The molecule has 0 aliphatic heterocycles. The molecule has 0 saturated heterocycles. The third-order valence-corrected chi connectivity index (χ3v) is 2.86. The van der Waals surface area contributed by atoms with Crippen LogP contribution >= 0.6 is 0 Å². The Hall–Kier alpha value is -2.37. The van der Waals surface area contributed by atoms with Crippen LogP contribution in [-0.2, 0) is 6.54 Å². The standard InChI is InChI=1S/C13H18N4O2/c1-17(8-9-6-13(14)16-15-9)11-5-4-10(18-2)7-12(11)19-3/h4-7H,8H2,1-3H3,(H3,14,15,16). The van der Waals surface area contributed by atoms with Gasteiger partial charge in [-0.3, -0.25) is 5.10 Å². The first-order chi connectivity index (χ1) is 9.13. The SMILES string of the molecule is COc1ccc(N(C)Cc2cc(N)n[nH]2)c(OC)c1. The van der Waals surface area contributed by atoms with E-state index < -0.39 is 0 Å². The van der Waals surface area contributed by atoms with Crippen molar-refractivity contribution in [3.8, 4) is 11.5 Å². The number of hydrogen-bond donors (Lipinski definition) is 2. The topological polar surface area (TPSA) is 76.4 Å². The Kier molecular flexibility index (Phi) is 3.79. The number of nitrogens with one attached hydrogen (secondary N) is 1. The fourth-order valence-electron chi connectivity index (χ4n) is 1.90. The van der Waals surface area contributed by atoms with E-state index in [1.54, 1.807) is 14.2 Å². The summed E-state index contributed by atoms with van der Waals surface area (Å²) < 4.78 is 10.6. The number of aromatic amines is 1. The minimum atomic E-state index is 0.491. The van der Waals surface area contributed by atoms with Crippen molar-refractivity contribution in [1.82, 2.24) is 10.2 Å². The van der Waals surface area contributed by atoms with Crippen molar-refractivity contribution in [3.63, 3.8) is 0 Å². The van der Waals surface area contributed by atoms with Gasteiger partial charge in [0, 0.05) is 19.2 Å². The van der Waals surface area contributed by atoms with Crippen LogP contribution in [0.1, 0.15) is 5.69 Å². The molecule has 2 aromatic rings. The summed E-state index contributed by atoms with van der Waals surface area (Å²) in [6.45, 7) is 0.660. The maximum Gasteiger partial charge on any atom is 0.145 e. The van der Waals surface area contributed by atoms with Gasteiger partial charge in [-0.25, -0.2) is 0 Å². The fourth-order valence-corrected chi connectivity index (χ4v) is 1.90. The third-order valence-electron chi connectivity index (χ3n) is 2.86. The van der Waals surface area contributed by atoms with Crippen LogP contribution < -0.4 is 20.1 Å². The number of aromatic nitrogens is 2. The summed E-state index contributed by atoms with van der Waals surface area (Å²) in [4.78, 5) is 2.05. The first-order valence-electron chi connectivity index (χ1n) is 5.87. The summed E-state index contributed by atoms with van der Waals surface area (Å²) in [6.07, 6.45) is 0. The molecule has 0 spiro atoms. The Morgan fingerprint density at radius 2 is 2.05 bits per heavy atom. The zero-order valence-corrected chi connectivity index (χ0v) is 11.3. The molecule has 0 atom stereocenters. The second kappa shape index (κ2) is 5.51. The van der Waals surface area contributed by atoms with E-state index >= 15 is 0 Å². The summed E-state index contributed by atoms with van der Waals surface area (Å²) in [5.41, 5.74) is 7.50. The maximum absolute atomic E-state index is 5.58. The van der Waals surface area contributed by atoms with Gasteiger partial charge in [0.05, 0.1) is 32.1 Å². The number of ether oxygens (including phenoxy) is 2. The van der Waals surface area contributed by atoms with Crippen LogP contribution in [0.2, 0.25) is 0 Å². The van der Waals surface area contributed by atoms with Gasteiger partial charge in [0.1, 0.15) is 17.3 Å². The Balaban J connectivity index is 2.20. The van der Waals surface area contributed by atoms with Crippen molar-refractivity contribution in [2.75, 3.05) is 31.9 Å². The molecule has 1 heterocycles. The highest BCUT2D eigenvalue weighted by atomic mass is 16.5. The summed E-state index contributed by atoms with van der Waals surface area (Å²) >= 11 is 0. The summed E-state index contributed by atoms with van der Waals surface area (Å²) in [7, 11) is 5.24. The molecule has 6 heteroatoms. The average molecular weight is 262 g/mol. The van der Waals surface area contributed by atoms with Crippen LogP contribution in [0.4, 0.5) is 11.5 Å². The second-order valence-corrected chi connectivity index (χ2v) is 4.21. The molecule has 0 aliphatic carbocycles. The lowest BCUT2D eigenvalue weighted by Gasteiger charge is -2.21. The predicted molar refractivity (Wildman–Crippen MR) is 74.7 cm³/mol. The molecule has 19 heavy (non-hydrogen) atoms. The van der Waals surface area contributed by atoms with Gasteiger partial charge in [-0.2, -0.15) is 5.10 Å². The normalized spacial score (nSPS) is 10.3. The largest absolute Gasteiger partial charge is 0.497 e. The number of hydrogen-bond acceptors (Lipinski definition) is 5. The lowest BCUT2D eigenvalue weighted by atomic mass is 10.2. The van der Waals surface area contributed by atoms with Crippen molar-refractivity contribution in [3.05, 3.63) is 30.0 Å². The van der Waals surface area contributed by atoms with E-state index in [0.717, 1.165) is 22.9 Å². The molecular formula is C13H18N4O2. The Morgan fingerprint density at radius 3 is 2.63 bits per heavy atom. The third kappa shape index (κ3) is 2.90. The van der Waals surface area contributed by atoms with Gasteiger partial charge in [-0.05, 0) is 12.1 Å². The minimum Gasteiger partial charge on any atom is -0.497 e. The van der Waals surface area contributed by atoms with Crippen molar-refractivity contribution < 1.29 is 9.47 Å². The number of nitrogen functional groups attached to an aromatic ring is 1. The summed E-state index contributed by atoms with van der Waals surface area (Å²) in [5.74, 6) is 2.01. The fraction of sp³-hybridized carbons (Fsp3) is 0.308. The number of nitrogens with two attached hydrogens (primary N) is 1. The number of nitrogens with zero attached hydrogens (tertiary/aromatic N) is 2. The highest BCUT2D eigenvalue weighted by Crippen LogP contribution is 2.32.